The van der Waals surface area contributed by atoms with E-state index in [2.05, 4.69) is 15.9 Å². The van der Waals surface area contributed by atoms with Crippen LogP contribution in [0.4, 0.5) is 0 Å². The zero-order valence-electron chi connectivity index (χ0n) is 8.54. The summed E-state index contributed by atoms with van der Waals surface area (Å²) in [6.07, 6.45) is 3.19. The Kier molecular flexibility index (Phi) is 6.05. The van der Waals surface area contributed by atoms with Gasteiger partial charge in [-0.3, -0.25) is 0 Å². The fourth-order valence-electron chi connectivity index (χ4n) is 1.30. The monoisotopic (exact) mass is 308 g/mol. The second kappa shape index (κ2) is 6.79. The Hall–Kier alpha value is 0.300. The zero-order valence-corrected chi connectivity index (χ0v) is 11.7. The minimum Gasteiger partial charge on any atom is -0.393 e. The van der Waals surface area contributed by atoms with Gasteiger partial charge in [-0.15, -0.1) is 0 Å². The van der Waals surface area contributed by atoms with Crippen molar-refractivity contribution in [2.24, 2.45) is 0 Å². The highest BCUT2D eigenvalue weighted by molar-refractivity contribution is 9.10. The number of hydrogen-bond acceptors (Lipinski definition) is 2. The van der Waals surface area contributed by atoms with E-state index in [-0.39, 0.29) is 6.10 Å². The highest BCUT2D eigenvalue weighted by Crippen LogP contribution is 2.23. The van der Waals surface area contributed by atoms with Gasteiger partial charge in [-0.05, 0) is 42.5 Å². The molecular formula is C11H14BrClOS. The molecule has 1 aromatic rings. The van der Waals surface area contributed by atoms with Crippen LogP contribution in [0.3, 0.4) is 0 Å². The van der Waals surface area contributed by atoms with E-state index in [0.29, 0.717) is 11.4 Å². The van der Waals surface area contributed by atoms with Crippen LogP contribution in [0.15, 0.2) is 22.7 Å². The average Bonchev–Trinajstić information content (AvgIpc) is 2.19. The second-order valence-corrected chi connectivity index (χ2v) is 5.68. The molecule has 84 valence electrons. The Morgan fingerprint density at radius 2 is 2.27 bits per heavy atom. The Labute approximate surface area is 108 Å². The van der Waals surface area contributed by atoms with Crippen LogP contribution >= 0.6 is 39.3 Å². The summed E-state index contributed by atoms with van der Waals surface area (Å²) >= 11 is 11.2. The maximum absolute atomic E-state index is 9.74. The first-order valence-corrected chi connectivity index (χ1v) is 7.31. The van der Waals surface area contributed by atoms with Crippen LogP contribution in [0, 0.1) is 0 Å². The number of rotatable bonds is 5. The van der Waals surface area contributed by atoms with Crippen molar-refractivity contribution in [1.29, 1.82) is 0 Å². The number of aliphatic hydroxyl groups is 1. The lowest BCUT2D eigenvalue weighted by Gasteiger charge is -2.11. The number of thioether (sulfide) groups is 1. The molecule has 1 rings (SSSR count). The normalized spacial score (nSPS) is 12.8. The van der Waals surface area contributed by atoms with Crippen molar-refractivity contribution in [3.8, 4) is 0 Å². The van der Waals surface area contributed by atoms with Crippen molar-refractivity contribution in [2.75, 3.05) is 12.0 Å². The summed E-state index contributed by atoms with van der Waals surface area (Å²) in [5.74, 6) is 0.981. The van der Waals surface area contributed by atoms with E-state index < -0.39 is 0 Å². The van der Waals surface area contributed by atoms with Gasteiger partial charge in [0.25, 0.3) is 0 Å². The second-order valence-electron chi connectivity index (χ2n) is 3.38. The number of aliphatic hydroxyl groups excluding tert-OH is 1. The Morgan fingerprint density at radius 1 is 1.53 bits per heavy atom. The smallest absolute Gasteiger partial charge is 0.0589 e. The fraction of sp³-hybridized carbons (Fsp3) is 0.455. The maximum Gasteiger partial charge on any atom is 0.0589 e. The molecule has 0 bridgehead atoms. The molecule has 0 fully saturated rings. The first-order valence-electron chi connectivity index (χ1n) is 4.74. The summed E-state index contributed by atoms with van der Waals surface area (Å²) in [4.78, 5) is 0. The Morgan fingerprint density at radius 3 is 2.87 bits per heavy atom. The third-order valence-electron chi connectivity index (χ3n) is 2.13. The van der Waals surface area contributed by atoms with Crippen LogP contribution in [0.2, 0.25) is 5.02 Å². The van der Waals surface area contributed by atoms with Crippen LogP contribution in [0.25, 0.3) is 0 Å². The molecule has 0 radical (unpaired) electrons. The molecule has 1 unspecified atom stereocenters. The molecule has 0 aliphatic heterocycles. The lowest BCUT2D eigenvalue weighted by atomic mass is 10.1. The Bertz CT molecular complexity index is 319. The van der Waals surface area contributed by atoms with Gasteiger partial charge in [0.2, 0.25) is 0 Å². The summed E-state index contributed by atoms with van der Waals surface area (Å²) < 4.78 is 0.967. The minimum atomic E-state index is -0.295. The van der Waals surface area contributed by atoms with E-state index in [0.717, 1.165) is 22.2 Å². The van der Waals surface area contributed by atoms with E-state index in [9.17, 15) is 5.11 Å². The van der Waals surface area contributed by atoms with Gasteiger partial charge in [0.1, 0.15) is 0 Å². The van der Waals surface area contributed by atoms with Crippen molar-refractivity contribution < 1.29 is 5.11 Å². The van der Waals surface area contributed by atoms with Gasteiger partial charge in [0.15, 0.2) is 0 Å². The SMILES string of the molecule is CSCCC(O)Cc1ccc(Br)cc1Cl. The molecule has 0 amide bonds. The molecule has 0 spiro atoms. The van der Waals surface area contributed by atoms with Crippen molar-refractivity contribution in [3.63, 3.8) is 0 Å². The molecule has 1 atom stereocenters. The lowest BCUT2D eigenvalue weighted by molar-refractivity contribution is 0.172. The predicted molar refractivity (Wildman–Crippen MR) is 71.9 cm³/mol. The molecule has 0 aliphatic rings. The summed E-state index contributed by atoms with van der Waals surface area (Å²) in [7, 11) is 0. The van der Waals surface area contributed by atoms with Gasteiger partial charge in [-0.2, -0.15) is 11.8 Å². The maximum atomic E-state index is 9.74. The molecule has 0 heterocycles. The van der Waals surface area contributed by atoms with Crippen LogP contribution < -0.4 is 0 Å². The topological polar surface area (TPSA) is 20.2 Å². The van der Waals surface area contributed by atoms with Gasteiger partial charge in [-0.25, -0.2) is 0 Å². The van der Waals surface area contributed by atoms with Crippen molar-refractivity contribution in [1.82, 2.24) is 0 Å². The van der Waals surface area contributed by atoms with E-state index in [1.807, 2.05) is 24.5 Å². The summed E-state index contributed by atoms with van der Waals surface area (Å²) in [5.41, 5.74) is 1.01. The molecule has 1 nitrogen and oxygen atoms in total. The third-order valence-corrected chi connectivity index (χ3v) is 3.61. The third kappa shape index (κ3) is 4.77. The van der Waals surface area contributed by atoms with Crippen molar-refractivity contribution in [2.45, 2.75) is 18.9 Å². The van der Waals surface area contributed by atoms with Gasteiger partial charge in [0.05, 0.1) is 6.10 Å². The number of halogens is 2. The molecule has 0 aliphatic carbocycles. The van der Waals surface area contributed by atoms with Crippen LogP contribution in [-0.2, 0) is 6.42 Å². The quantitative estimate of drug-likeness (QED) is 0.893. The van der Waals surface area contributed by atoms with Crippen molar-refractivity contribution >= 4 is 39.3 Å². The molecular weight excluding hydrogens is 296 g/mol. The molecule has 15 heavy (non-hydrogen) atoms. The van der Waals surface area contributed by atoms with E-state index >= 15 is 0 Å². The predicted octanol–water partition coefficient (Wildman–Crippen LogP) is 3.76. The summed E-state index contributed by atoms with van der Waals surface area (Å²) in [6, 6.07) is 5.76. The van der Waals surface area contributed by atoms with Gasteiger partial charge in [0, 0.05) is 9.50 Å². The molecule has 1 N–H and O–H groups in total. The van der Waals surface area contributed by atoms with E-state index in [1.54, 1.807) is 11.8 Å². The summed E-state index contributed by atoms with van der Waals surface area (Å²) in [6.45, 7) is 0. The molecule has 4 heteroatoms. The number of hydrogen-bond donors (Lipinski definition) is 1. The zero-order chi connectivity index (χ0) is 11.3. The fourth-order valence-corrected chi connectivity index (χ4v) is 2.56. The van der Waals surface area contributed by atoms with Crippen LogP contribution in [0.1, 0.15) is 12.0 Å². The first kappa shape index (κ1) is 13.4. The van der Waals surface area contributed by atoms with Gasteiger partial charge < -0.3 is 5.11 Å². The van der Waals surface area contributed by atoms with E-state index in [1.165, 1.54) is 0 Å². The first-order chi connectivity index (χ1) is 7.13. The standard InChI is InChI=1S/C11H14BrClOS/c1-15-5-4-10(14)6-8-2-3-9(12)7-11(8)13/h2-3,7,10,14H,4-6H2,1H3. The van der Waals surface area contributed by atoms with Gasteiger partial charge in [-0.1, -0.05) is 33.6 Å². The number of benzene rings is 1. The van der Waals surface area contributed by atoms with Gasteiger partial charge >= 0.3 is 0 Å². The Balaban J connectivity index is 2.56. The lowest BCUT2D eigenvalue weighted by Crippen LogP contribution is -2.11. The molecule has 0 saturated heterocycles. The largest absolute Gasteiger partial charge is 0.393 e. The molecule has 0 aromatic heterocycles. The molecule has 1 aromatic carbocycles. The molecule has 0 saturated carbocycles. The van der Waals surface area contributed by atoms with Crippen LogP contribution in [-0.4, -0.2) is 23.2 Å². The highest BCUT2D eigenvalue weighted by atomic mass is 79.9. The van der Waals surface area contributed by atoms with Crippen molar-refractivity contribution in [3.05, 3.63) is 33.3 Å². The highest BCUT2D eigenvalue weighted by Gasteiger charge is 2.08. The van der Waals surface area contributed by atoms with Crippen LogP contribution in [0.5, 0.6) is 0 Å². The summed E-state index contributed by atoms with van der Waals surface area (Å²) in [5, 5.41) is 10.5. The average molecular weight is 310 g/mol. The minimum absolute atomic E-state index is 0.295. The van der Waals surface area contributed by atoms with E-state index in [4.69, 9.17) is 11.6 Å².